The molecule has 0 amide bonds. The van der Waals surface area contributed by atoms with Crippen molar-refractivity contribution in [1.29, 1.82) is 0 Å². The molecule has 0 aliphatic carbocycles. The second-order valence-electron chi connectivity index (χ2n) is 3.96. The normalized spacial score (nSPS) is 10.7. The van der Waals surface area contributed by atoms with Gasteiger partial charge in [-0.25, -0.2) is 9.18 Å². The first-order valence-corrected chi connectivity index (χ1v) is 6.95. The topological polar surface area (TPSA) is 55.4 Å². The zero-order valence-electron chi connectivity index (χ0n) is 11.3. The van der Waals surface area contributed by atoms with E-state index < -0.39 is 11.8 Å². The third kappa shape index (κ3) is 5.73. The molecule has 0 aromatic heterocycles. The molecule has 0 atom stereocenters. The maximum atomic E-state index is 13.3. The van der Waals surface area contributed by atoms with Gasteiger partial charge >= 0.3 is 5.97 Å². The Kier molecular flexibility index (Phi) is 7.19. The van der Waals surface area contributed by atoms with Gasteiger partial charge in [-0.2, -0.15) is 0 Å². The molecule has 0 aliphatic heterocycles. The van der Waals surface area contributed by atoms with Crippen LogP contribution in [-0.4, -0.2) is 24.9 Å². The highest BCUT2D eigenvalue weighted by Gasteiger charge is 2.13. The number of carbonyl (C=O) groups excluding carboxylic acids is 2. The summed E-state index contributed by atoms with van der Waals surface area (Å²) in [7, 11) is 0. The van der Waals surface area contributed by atoms with Crippen molar-refractivity contribution < 1.29 is 18.7 Å². The van der Waals surface area contributed by atoms with Crippen molar-refractivity contribution >= 4 is 35.0 Å². The summed E-state index contributed by atoms with van der Waals surface area (Å²) in [6.07, 6.45) is 2.69. The number of ketones is 1. The van der Waals surface area contributed by atoms with Gasteiger partial charge in [-0.15, -0.1) is 0 Å². The van der Waals surface area contributed by atoms with Crippen molar-refractivity contribution in [3.63, 3.8) is 0 Å². The summed E-state index contributed by atoms with van der Waals surface area (Å²) in [6, 6.07) is 2.21. The van der Waals surface area contributed by atoms with Gasteiger partial charge in [0, 0.05) is 30.8 Å². The van der Waals surface area contributed by atoms with Gasteiger partial charge in [0.2, 0.25) is 0 Å². The molecule has 0 spiro atoms. The summed E-state index contributed by atoms with van der Waals surface area (Å²) in [5, 5.41) is 2.73. The number of nitrogens with one attached hydrogen (secondary N) is 1. The van der Waals surface area contributed by atoms with Gasteiger partial charge in [-0.05, 0) is 19.1 Å². The first-order valence-electron chi connectivity index (χ1n) is 6.20. The smallest absolute Gasteiger partial charge is 0.332 e. The van der Waals surface area contributed by atoms with Crippen LogP contribution in [0.1, 0.15) is 23.7 Å². The first kappa shape index (κ1) is 17.5. The number of benzene rings is 1. The predicted octanol–water partition coefficient (Wildman–Crippen LogP) is 3.37. The second-order valence-corrected chi connectivity index (χ2v) is 4.77. The number of carbonyl (C=O) groups is 2. The molecule has 0 radical (unpaired) electrons. The summed E-state index contributed by atoms with van der Waals surface area (Å²) in [4.78, 5) is 22.9. The number of esters is 1. The highest BCUT2D eigenvalue weighted by Crippen LogP contribution is 2.25. The van der Waals surface area contributed by atoms with E-state index in [-0.39, 0.29) is 34.4 Å². The molecule has 1 rings (SSSR count). The Hall–Kier alpha value is -1.59. The minimum absolute atomic E-state index is 0.0785. The number of ether oxygens (including phenoxy) is 1. The van der Waals surface area contributed by atoms with Crippen molar-refractivity contribution in [2.75, 3.05) is 13.2 Å². The van der Waals surface area contributed by atoms with Crippen LogP contribution >= 0.6 is 23.2 Å². The van der Waals surface area contributed by atoms with E-state index in [1.165, 1.54) is 18.3 Å². The van der Waals surface area contributed by atoms with E-state index in [9.17, 15) is 14.0 Å². The predicted molar refractivity (Wildman–Crippen MR) is 79.1 cm³/mol. The molecule has 1 aromatic carbocycles. The van der Waals surface area contributed by atoms with E-state index in [1.807, 2.05) is 0 Å². The molecule has 0 bridgehead atoms. The van der Waals surface area contributed by atoms with E-state index >= 15 is 0 Å². The Morgan fingerprint density at radius 1 is 1.33 bits per heavy atom. The van der Waals surface area contributed by atoms with Gasteiger partial charge in [0.25, 0.3) is 0 Å². The van der Waals surface area contributed by atoms with Gasteiger partial charge < -0.3 is 10.1 Å². The molecule has 0 saturated heterocycles. The van der Waals surface area contributed by atoms with Gasteiger partial charge in [-0.3, -0.25) is 4.79 Å². The van der Waals surface area contributed by atoms with E-state index in [1.54, 1.807) is 6.92 Å². The fourth-order valence-electron chi connectivity index (χ4n) is 1.46. The maximum Gasteiger partial charge on any atom is 0.332 e. The van der Waals surface area contributed by atoms with Crippen LogP contribution in [0.25, 0.3) is 0 Å². The maximum absolute atomic E-state index is 13.3. The molecule has 21 heavy (non-hydrogen) atoms. The summed E-state index contributed by atoms with van der Waals surface area (Å²) >= 11 is 11.4. The van der Waals surface area contributed by atoms with Gasteiger partial charge in [0.05, 0.1) is 16.7 Å². The van der Waals surface area contributed by atoms with Crippen molar-refractivity contribution in [2.45, 2.75) is 13.3 Å². The Bertz CT molecular complexity index is 561. The summed E-state index contributed by atoms with van der Waals surface area (Å²) in [5.74, 6) is -1.49. The Labute approximate surface area is 131 Å². The molecular formula is C14H14Cl2FNO3. The molecule has 114 valence electrons. The Balaban J connectivity index is 2.48. The molecule has 7 heteroatoms. The molecule has 0 saturated carbocycles. The van der Waals surface area contributed by atoms with Crippen LogP contribution in [0.2, 0.25) is 10.0 Å². The molecule has 0 fully saturated rings. The van der Waals surface area contributed by atoms with Crippen LogP contribution in [0.4, 0.5) is 4.39 Å². The molecule has 0 unspecified atom stereocenters. The molecule has 4 nitrogen and oxygen atoms in total. The quantitative estimate of drug-likeness (QED) is 0.273. The molecule has 1 aromatic rings. The SMILES string of the molecule is CCOC(=O)C=CNCCC(=O)c1cc(F)c(Cl)cc1Cl. The van der Waals surface area contributed by atoms with E-state index in [4.69, 9.17) is 23.2 Å². The third-order valence-electron chi connectivity index (χ3n) is 2.43. The van der Waals surface area contributed by atoms with Crippen LogP contribution in [0.5, 0.6) is 0 Å². The van der Waals surface area contributed by atoms with Crippen LogP contribution in [0, 0.1) is 5.82 Å². The highest BCUT2D eigenvalue weighted by molar-refractivity contribution is 6.36. The summed E-state index contributed by atoms with van der Waals surface area (Å²) in [6.45, 7) is 2.27. The average Bonchev–Trinajstić information content (AvgIpc) is 2.42. The van der Waals surface area contributed by atoms with Gasteiger partial charge in [-0.1, -0.05) is 23.2 Å². The fourth-order valence-corrected chi connectivity index (χ4v) is 1.95. The van der Waals surface area contributed by atoms with Crippen LogP contribution in [-0.2, 0) is 9.53 Å². The molecular weight excluding hydrogens is 320 g/mol. The minimum atomic E-state index is -0.695. The van der Waals surface area contributed by atoms with Crippen molar-refractivity contribution in [3.05, 3.63) is 45.8 Å². The lowest BCUT2D eigenvalue weighted by Crippen LogP contribution is -2.14. The van der Waals surface area contributed by atoms with E-state index in [2.05, 4.69) is 10.1 Å². The van der Waals surface area contributed by atoms with E-state index in [0.717, 1.165) is 6.07 Å². The average molecular weight is 334 g/mol. The summed E-state index contributed by atoms with van der Waals surface area (Å²) < 4.78 is 18.0. The Morgan fingerprint density at radius 3 is 2.71 bits per heavy atom. The number of rotatable bonds is 7. The minimum Gasteiger partial charge on any atom is -0.463 e. The van der Waals surface area contributed by atoms with E-state index in [0.29, 0.717) is 6.61 Å². The molecule has 0 aliphatic rings. The second kappa shape index (κ2) is 8.64. The zero-order chi connectivity index (χ0) is 15.8. The lowest BCUT2D eigenvalue weighted by Gasteiger charge is -2.05. The lowest BCUT2D eigenvalue weighted by atomic mass is 10.1. The number of Topliss-reactive ketones (excluding diaryl/α,β-unsaturated/α-hetero) is 1. The number of halogens is 3. The third-order valence-corrected chi connectivity index (χ3v) is 3.03. The molecule has 0 heterocycles. The van der Waals surface area contributed by atoms with Crippen LogP contribution in [0.3, 0.4) is 0 Å². The van der Waals surface area contributed by atoms with Crippen LogP contribution in [0.15, 0.2) is 24.4 Å². The summed E-state index contributed by atoms with van der Waals surface area (Å²) in [5.41, 5.74) is 0.0785. The molecule has 1 N–H and O–H groups in total. The number of hydrogen-bond donors (Lipinski definition) is 1. The lowest BCUT2D eigenvalue weighted by molar-refractivity contribution is -0.137. The Morgan fingerprint density at radius 2 is 2.05 bits per heavy atom. The monoisotopic (exact) mass is 333 g/mol. The van der Waals surface area contributed by atoms with Gasteiger partial charge in [0.15, 0.2) is 5.78 Å². The zero-order valence-corrected chi connectivity index (χ0v) is 12.8. The van der Waals surface area contributed by atoms with Crippen molar-refractivity contribution in [2.24, 2.45) is 0 Å². The standard InChI is InChI=1S/C14H14Cl2FNO3/c1-2-21-14(20)4-6-18-5-3-13(19)9-7-12(17)11(16)8-10(9)15/h4,6-8,18H,2-3,5H2,1H3. The van der Waals surface area contributed by atoms with Crippen molar-refractivity contribution in [1.82, 2.24) is 5.32 Å². The van der Waals surface area contributed by atoms with Crippen LogP contribution < -0.4 is 5.32 Å². The van der Waals surface area contributed by atoms with Gasteiger partial charge in [0.1, 0.15) is 5.82 Å². The highest BCUT2D eigenvalue weighted by atomic mass is 35.5. The fraction of sp³-hybridized carbons (Fsp3) is 0.286. The largest absolute Gasteiger partial charge is 0.463 e. The van der Waals surface area contributed by atoms with Crippen molar-refractivity contribution in [3.8, 4) is 0 Å². The first-order chi connectivity index (χ1) is 9.95. The number of hydrogen-bond acceptors (Lipinski definition) is 4.